The molecule has 0 radical (unpaired) electrons. The Labute approximate surface area is 181 Å². The maximum atomic E-state index is 13.1. The molecule has 2 N–H and O–H groups in total. The summed E-state index contributed by atoms with van der Waals surface area (Å²) < 4.78 is 1.01. The smallest absolute Gasteiger partial charge is 0.354 e. The lowest BCUT2D eigenvalue weighted by molar-refractivity contribution is 0.0690. The summed E-state index contributed by atoms with van der Waals surface area (Å²) in [5.74, 6) is -0.984. The topological polar surface area (TPSA) is 108 Å². The molecule has 5 rings (SSSR count). The molecule has 31 heavy (non-hydrogen) atoms. The van der Waals surface area contributed by atoms with Gasteiger partial charge in [0.15, 0.2) is 10.8 Å². The standard InChI is InChI=1S/C22H17N5O3S/c28-19(26-22-25-16-6-1-2-7-18(16)31-22)14-5-3-4-13-9-11-27(12-15(13)14)21-23-10-8-17(24-21)20(29)30/h1-8,10H,9,11-12H2,(H,29,30)(H,25,26,28). The number of carbonyl (C=O) groups is 2. The lowest BCUT2D eigenvalue weighted by atomic mass is 9.94. The average Bonchev–Trinajstić information content (AvgIpc) is 3.20. The maximum Gasteiger partial charge on any atom is 0.354 e. The van der Waals surface area contributed by atoms with Gasteiger partial charge in [-0.3, -0.25) is 10.1 Å². The van der Waals surface area contributed by atoms with Crippen LogP contribution in [0.4, 0.5) is 11.1 Å². The first-order chi connectivity index (χ1) is 15.1. The SMILES string of the molecule is O=C(O)c1ccnc(N2CCc3cccc(C(=O)Nc4nc5ccccc5s4)c3C2)n1. The molecule has 3 heterocycles. The van der Waals surface area contributed by atoms with Crippen LogP contribution in [0, 0.1) is 0 Å². The molecule has 1 amide bonds. The molecule has 0 aliphatic carbocycles. The molecule has 1 aliphatic heterocycles. The van der Waals surface area contributed by atoms with Crippen LogP contribution in [0.15, 0.2) is 54.7 Å². The molecule has 0 atom stereocenters. The summed E-state index contributed by atoms with van der Waals surface area (Å²) in [6.07, 6.45) is 2.14. The monoisotopic (exact) mass is 431 g/mol. The number of rotatable bonds is 4. The summed E-state index contributed by atoms with van der Waals surface area (Å²) in [6, 6.07) is 14.8. The first-order valence-corrected chi connectivity index (χ1v) is 10.5. The van der Waals surface area contributed by atoms with Gasteiger partial charge in [0.2, 0.25) is 5.95 Å². The van der Waals surface area contributed by atoms with E-state index in [1.54, 1.807) is 6.07 Å². The zero-order valence-corrected chi connectivity index (χ0v) is 17.1. The first kappa shape index (κ1) is 19.1. The number of hydrogen-bond donors (Lipinski definition) is 2. The molecular formula is C22H17N5O3S. The Morgan fingerprint density at radius 3 is 2.77 bits per heavy atom. The van der Waals surface area contributed by atoms with Crippen LogP contribution in [0.5, 0.6) is 0 Å². The van der Waals surface area contributed by atoms with Crippen LogP contribution < -0.4 is 10.2 Å². The van der Waals surface area contributed by atoms with Gasteiger partial charge >= 0.3 is 5.97 Å². The van der Waals surface area contributed by atoms with Gasteiger partial charge in [-0.25, -0.2) is 19.7 Å². The van der Waals surface area contributed by atoms with Gasteiger partial charge in [-0.2, -0.15) is 0 Å². The third-order valence-electron chi connectivity index (χ3n) is 5.18. The Hall–Kier alpha value is -3.85. The average molecular weight is 431 g/mol. The number of aromatic nitrogens is 3. The Morgan fingerprint density at radius 2 is 1.94 bits per heavy atom. The molecule has 9 heteroatoms. The van der Waals surface area contributed by atoms with Gasteiger partial charge in [-0.1, -0.05) is 35.6 Å². The third-order valence-corrected chi connectivity index (χ3v) is 6.13. The van der Waals surface area contributed by atoms with Gasteiger partial charge in [0.1, 0.15) is 0 Å². The fourth-order valence-corrected chi connectivity index (χ4v) is 4.54. The van der Waals surface area contributed by atoms with Crippen LogP contribution in [0.25, 0.3) is 10.2 Å². The number of aromatic carboxylic acids is 1. The highest BCUT2D eigenvalue weighted by molar-refractivity contribution is 7.22. The number of nitrogens with zero attached hydrogens (tertiary/aromatic N) is 4. The molecule has 0 fully saturated rings. The van der Waals surface area contributed by atoms with Crippen LogP contribution in [-0.4, -0.2) is 38.5 Å². The number of amides is 1. The number of anilines is 2. The molecule has 0 unspecified atom stereocenters. The number of carbonyl (C=O) groups excluding carboxylic acids is 1. The van der Waals surface area contributed by atoms with Crippen molar-refractivity contribution in [3.05, 3.63) is 77.1 Å². The Kier molecular flexibility index (Phi) is 4.79. The van der Waals surface area contributed by atoms with Gasteiger partial charge < -0.3 is 10.0 Å². The molecule has 4 aromatic rings. The number of fused-ring (bicyclic) bond motifs is 2. The summed E-state index contributed by atoms with van der Waals surface area (Å²) in [6.45, 7) is 1.06. The van der Waals surface area contributed by atoms with Gasteiger partial charge in [-0.05, 0) is 41.8 Å². The van der Waals surface area contributed by atoms with Crippen molar-refractivity contribution < 1.29 is 14.7 Å². The third kappa shape index (κ3) is 3.71. The summed E-state index contributed by atoms with van der Waals surface area (Å²) in [5.41, 5.74) is 3.33. The van der Waals surface area contributed by atoms with Gasteiger partial charge in [0.25, 0.3) is 5.91 Å². The van der Waals surface area contributed by atoms with E-state index >= 15 is 0 Å². The second-order valence-corrected chi connectivity index (χ2v) is 8.13. The fraction of sp³-hybridized carbons (Fsp3) is 0.136. The highest BCUT2D eigenvalue weighted by Gasteiger charge is 2.24. The van der Waals surface area contributed by atoms with Gasteiger partial charge in [-0.15, -0.1) is 0 Å². The van der Waals surface area contributed by atoms with Crippen LogP contribution in [0.1, 0.15) is 32.0 Å². The molecule has 8 nitrogen and oxygen atoms in total. The fourth-order valence-electron chi connectivity index (χ4n) is 3.67. The molecule has 2 aromatic heterocycles. The van der Waals surface area contributed by atoms with E-state index < -0.39 is 5.97 Å². The van der Waals surface area contributed by atoms with E-state index in [1.165, 1.54) is 23.6 Å². The Morgan fingerprint density at radius 1 is 1.06 bits per heavy atom. The Bertz CT molecular complexity index is 1290. The van der Waals surface area contributed by atoms with Gasteiger partial charge in [0.05, 0.1) is 10.2 Å². The predicted molar refractivity (Wildman–Crippen MR) is 118 cm³/mol. The molecular weight excluding hydrogens is 414 g/mol. The lowest BCUT2D eigenvalue weighted by Gasteiger charge is -2.30. The minimum Gasteiger partial charge on any atom is -0.477 e. The van der Waals surface area contributed by atoms with E-state index in [2.05, 4.69) is 20.3 Å². The van der Waals surface area contributed by atoms with E-state index in [0.717, 1.165) is 21.3 Å². The molecule has 154 valence electrons. The van der Waals surface area contributed by atoms with Crippen molar-refractivity contribution >= 4 is 44.5 Å². The minimum absolute atomic E-state index is 0.0577. The molecule has 0 bridgehead atoms. The predicted octanol–water partition coefficient (Wildman–Crippen LogP) is 3.60. The van der Waals surface area contributed by atoms with Crippen molar-refractivity contribution in [3.8, 4) is 0 Å². The van der Waals surface area contributed by atoms with E-state index in [0.29, 0.717) is 36.2 Å². The number of thiazole rings is 1. The largest absolute Gasteiger partial charge is 0.477 e. The second-order valence-electron chi connectivity index (χ2n) is 7.10. The lowest BCUT2D eigenvalue weighted by Crippen LogP contribution is -2.33. The zero-order valence-electron chi connectivity index (χ0n) is 16.3. The van der Waals surface area contributed by atoms with Crippen molar-refractivity contribution in [2.45, 2.75) is 13.0 Å². The number of para-hydroxylation sites is 1. The summed E-state index contributed by atoms with van der Waals surface area (Å²) in [7, 11) is 0. The normalized spacial score (nSPS) is 13.1. The summed E-state index contributed by atoms with van der Waals surface area (Å²) >= 11 is 1.43. The number of nitrogens with one attached hydrogen (secondary N) is 1. The van der Waals surface area contributed by atoms with Crippen LogP contribution in [-0.2, 0) is 13.0 Å². The Balaban J connectivity index is 1.43. The minimum atomic E-state index is -1.10. The summed E-state index contributed by atoms with van der Waals surface area (Å²) in [5, 5.41) is 12.7. The second kappa shape index (κ2) is 7.77. The number of hydrogen-bond acceptors (Lipinski definition) is 7. The maximum absolute atomic E-state index is 13.1. The van der Waals surface area contributed by atoms with Crippen molar-refractivity contribution in [1.29, 1.82) is 0 Å². The molecule has 0 spiro atoms. The van der Waals surface area contributed by atoms with Crippen molar-refractivity contribution in [1.82, 2.24) is 15.0 Å². The first-order valence-electron chi connectivity index (χ1n) is 9.67. The van der Waals surface area contributed by atoms with Crippen molar-refractivity contribution in [2.75, 3.05) is 16.8 Å². The summed E-state index contributed by atoms with van der Waals surface area (Å²) in [4.78, 5) is 39.1. The van der Waals surface area contributed by atoms with E-state index in [9.17, 15) is 14.7 Å². The van der Waals surface area contributed by atoms with Crippen LogP contribution in [0.3, 0.4) is 0 Å². The quantitative estimate of drug-likeness (QED) is 0.508. The van der Waals surface area contributed by atoms with Crippen molar-refractivity contribution in [3.63, 3.8) is 0 Å². The highest BCUT2D eigenvalue weighted by Crippen LogP contribution is 2.28. The molecule has 1 aliphatic rings. The van der Waals surface area contributed by atoms with E-state index in [4.69, 9.17) is 0 Å². The molecule has 0 saturated heterocycles. The number of carboxylic acids is 1. The van der Waals surface area contributed by atoms with Crippen LogP contribution >= 0.6 is 11.3 Å². The molecule has 0 saturated carbocycles. The van der Waals surface area contributed by atoms with Crippen LogP contribution in [0.2, 0.25) is 0 Å². The van der Waals surface area contributed by atoms with Crippen molar-refractivity contribution in [2.24, 2.45) is 0 Å². The number of carboxylic acid groups (broad SMARTS) is 1. The zero-order chi connectivity index (χ0) is 21.4. The molecule has 2 aromatic carbocycles. The van der Waals surface area contributed by atoms with E-state index in [-0.39, 0.29) is 11.6 Å². The van der Waals surface area contributed by atoms with E-state index in [1.807, 2.05) is 41.3 Å². The highest BCUT2D eigenvalue weighted by atomic mass is 32.1. The number of benzene rings is 2. The van der Waals surface area contributed by atoms with Gasteiger partial charge in [0, 0.05) is 24.8 Å².